The van der Waals surface area contributed by atoms with E-state index in [0.29, 0.717) is 23.8 Å². The summed E-state index contributed by atoms with van der Waals surface area (Å²) in [6.07, 6.45) is 0. The van der Waals surface area contributed by atoms with Gasteiger partial charge in [0.1, 0.15) is 0 Å². The largest absolute Gasteiger partial charge is 0.338 e. The molecule has 1 aromatic heterocycles. The maximum absolute atomic E-state index is 13.4. The van der Waals surface area contributed by atoms with Gasteiger partial charge in [-0.1, -0.05) is 39.3 Å². The summed E-state index contributed by atoms with van der Waals surface area (Å²) in [5.41, 5.74) is 1.52. The highest BCUT2D eigenvalue weighted by Gasteiger charge is 2.17. The molecule has 0 amide bonds. The third kappa shape index (κ3) is 4.11. The van der Waals surface area contributed by atoms with Crippen molar-refractivity contribution >= 4 is 15.9 Å². The van der Waals surface area contributed by atoms with Crippen molar-refractivity contribution in [3.8, 4) is 11.4 Å². The first-order valence-electron chi connectivity index (χ1n) is 7.68. The van der Waals surface area contributed by atoms with Gasteiger partial charge in [0.05, 0.1) is 6.54 Å². The average Bonchev–Trinajstić information content (AvgIpc) is 3.05. The molecule has 3 aromatic rings. The van der Waals surface area contributed by atoms with Crippen LogP contribution in [0.1, 0.15) is 24.4 Å². The van der Waals surface area contributed by atoms with Crippen LogP contribution >= 0.6 is 15.9 Å². The van der Waals surface area contributed by atoms with Gasteiger partial charge in [-0.25, -0.2) is 8.78 Å². The van der Waals surface area contributed by atoms with Crippen molar-refractivity contribution in [2.24, 2.45) is 0 Å². The summed E-state index contributed by atoms with van der Waals surface area (Å²) in [6.45, 7) is 2.29. The van der Waals surface area contributed by atoms with Gasteiger partial charge in [-0.3, -0.25) is 4.90 Å². The molecule has 0 aliphatic rings. The summed E-state index contributed by atoms with van der Waals surface area (Å²) in [7, 11) is 1.86. The fourth-order valence-electron chi connectivity index (χ4n) is 2.44. The lowest BCUT2D eigenvalue weighted by atomic mass is 10.1. The van der Waals surface area contributed by atoms with Crippen LogP contribution in [0.2, 0.25) is 0 Å². The van der Waals surface area contributed by atoms with Crippen LogP contribution in [-0.2, 0) is 6.54 Å². The van der Waals surface area contributed by atoms with E-state index in [2.05, 4.69) is 26.1 Å². The van der Waals surface area contributed by atoms with E-state index in [1.165, 1.54) is 6.07 Å². The summed E-state index contributed by atoms with van der Waals surface area (Å²) >= 11 is 3.41. The van der Waals surface area contributed by atoms with Gasteiger partial charge in [0.25, 0.3) is 0 Å². The molecule has 0 aliphatic carbocycles. The fraction of sp³-hybridized carbons (Fsp3) is 0.222. The number of rotatable bonds is 5. The molecule has 0 fully saturated rings. The maximum Gasteiger partial charge on any atom is 0.241 e. The summed E-state index contributed by atoms with van der Waals surface area (Å²) in [5.74, 6) is -0.751. The second kappa shape index (κ2) is 7.41. The number of benzene rings is 2. The Morgan fingerprint density at radius 2 is 1.96 bits per heavy atom. The van der Waals surface area contributed by atoms with Crippen molar-refractivity contribution in [3.63, 3.8) is 0 Å². The van der Waals surface area contributed by atoms with Gasteiger partial charge in [-0.15, -0.1) is 0 Å². The van der Waals surface area contributed by atoms with Crippen molar-refractivity contribution in [1.82, 2.24) is 15.0 Å². The third-order valence-electron chi connectivity index (χ3n) is 4.02. The van der Waals surface area contributed by atoms with Crippen LogP contribution in [-0.4, -0.2) is 22.1 Å². The number of aromatic nitrogens is 2. The van der Waals surface area contributed by atoms with Gasteiger partial charge < -0.3 is 4.52 Å². The number of halogens is 3. The molecule has 0 N–H and O–H groups in total. The van der Waals surface area contributed by atoms with E-state index >= 15 is 0 Å². The predicted octanol–water partition coefficient (Wildman–Crippen LogP) is 4.97. The number of hydrogen-bond acceptors (Lipinski definition) is 4. The predicted molar refractivity (Wildman–Crippen MR) is 93.7 cm³/mol. The molecular formula is C18H16BrF2N3O. The Morgan fingerprint density at radius 3 is 2.68 bits per heavy atom. The van der Waals surface area contributed by atoms with Crippen molar-refractivity contribution < 1.29 is 13.3 Å². The van der Waals surface area contributed by atoms with E-state index in [1.807, 2.05) is 43.1 Å². The highest BCUT2D eigenvalue weighted by Crippen LogP contribution is 2.24. The van der Waals surface area contributed by atoms with Crippen LogP contribution in [0.4, 0.5) is 8.78 Å². The molecule has 7 heteroatoms. The summed E-state index contributed by atoms with van der Waals surface area (Å²) in [6, 6.07) is 11.4. The second-order valence-electron chi connectivity index (χ2n) is 5.79. The summed E-state index contributed by atoms with van der Waals surface area (Å²) in [4.78, 5) is 6.32. The molecule has 3 rings (SSSR count). The minimum atomic E-state index is -0.854. The first kappa shape index (κ1) is 17.7. The molecule has 1 atom stereocenters. The Morgan fingerprint density at radius 1 is 1.16 bits per heavy atom. The lowest BCUT2D eigenvalue weighted by molar-refractivity contribution is 0.216. The molecule has 0 saturated carbocycles. The van der Waals surface area contributed by atoms with Gasteiger partial charge in [0.15, 0.2) is 11.6 Å². The van der Waals surface area contributed by atoms with Gasteiger partial charge in [0.2, 0.25) is 11.7 Å². The number of nitrogens with zero attached hydrogens (tertiary/aromatic N) is 3. The molecule has 2 aromatic carbocycles. The molecule has 0 aliphatic heterocycles. The Labute approximate surface area is 152 Å². The van der Waals surface area contributed by atoms with Gasteiger partial charge in [-0.2, -0.15) is 4.98 Å². The third-order valence-corrected chi connectivity index (χ3v) is 4.52. The Balaban J connectivity index is 1.72. The Hall–Kier alpha value is -2.12. The molecule has 0 saturated heterocycles. The van der Waals surface area contributed by atoms with Gasteiger partial charge in [0, 0.05) is 16.1 Å². The maximum atomic E-state index is 13.4. The first-order chi connectivity index (χ1) is 11.9. The second-order valence-corrected chi connectivity index (χ2v) is 6.70. The standard InChI is InChI=1S/C18H16BrF2N3O/c1-11(12-6-7-15(20)16(21)9-12)24(2)10-17-22-18(23-25-17)13-4-3-5-14(19)8-13/h3-9,11H,10H2,1-2H3. The van der Waals surface area contributed by atoms with Crippen molar-refractivity contribution in [2.45, 2.75) is 19.5 Å². The minimum absolute atomic E-state index is 0.142. The van der Waals surface area contributed by atoms with Gasteiger partial charge >= 0.3 is 0 Å². The van der Waals surface area contributed by atoms with E-state index in [-0.39, 0.29) is 6.04 Å². The molecule has 1 unspecified atom stereocenters. The molecule has 0 radical (unpaired) electrons. The van der Waals surface area contributed by atoms with Crippen molar-refractivity contribution in [2.75, 3.05) is 7.05 Å². The lowest BCUT2D eigenvalue weighted by Crippen LogP contribution is -2.22. The highest BCUT2D eigenvalue weighted by molar-refractivity contribution is 9.10. The highest BCUT2D eigenvalue weighted by atomic mass is 79.9. The van der Waals surface area contributed by atoms with Gasteiger partial charge in [-0.05, 0) is 43.8 Å². The van der Waals surface area contributed by atoms with E-state index in [1.54, 1.807) is 6.07 Å². The monoisotopic (exact) mass is 407 g/mol. The van der Waals surface area contributed by atoms with Crippen LogP contribution in [0.3, 0.4) is 0 Å². The lowest BCUT2D eigenvalue weighted by Gasteiger charge is -2.23. The quantitative estimate of drug-likeness (QED) is 0.598. The van der Waals surface area contributed by atoms with Crippen molar-refractivity contribution in [1.29, 1.82) is 0 Å². The van der Waals surface area contributed by atoms with Crippen LogP contribution in [0, 0.1) is 11.6 Å². The normalized spacial score (nSPS) is 12.6. The number of hydrogen-bond donors (Lipinski definition) is 0. The average molecular weight is 408 g/mol. The van der Waals surface area contributed by atoms with Crippen LogP contribution in [0.15, 0.2) is 51.5 Å². The molecule has 0 bridgehead atoms. The Kier molecular flexibility index (Phi) is 5.24. The van der Waals surface area contributed by atoms with Crippen molar-refractivity contribution in [3.05, 3.63) is 70.0 Å². The molecular weight excluding hydrogens is 392 g/mol. The molecule has 1 heterocycles. The Bertz CT molecular complexity index is 884. The van der Waals surface area contributed by atoms with E-state index in [0.717, 1.165) is 16.1 Å². The zero-order valence-corrected chi connectivity index (χ0v) is 15.3. The van der Waals surface area contributed by atoms with E-state index < -0.39 is 11.6 Å². The van der Waals surface area contributed by atoms with E-state index in [4.69, 9.17) is 4.52 Å². The van der Waals surface area contributed by atoms with Crippen LogP contribution < -0.4 is 0 Å². The molecule has 0 spiro atoms. The zero-order chi connectivity index (χ0) is 18.0. The fourth-order valence-corrected chi connectivity index (χ4v) is 2.84. The first-order valence-corrected chi connectivity index (χ1v) is 8.47. The summed E-state index contributed by atoms with van der Waals surface area (Å²) < 4.78 is 32.7. The van der Waals surface area contributed by atoms with Crippen LogP contribution in [0.25, 0.3) is 11.4 Å². The topological polar surface area (TPSA) is 42.2 Å². The zero-order valence-electron chi connectivity index (χ0n) is 13.7. The molecule has 130 valence electrons. The smallest absolute Gasteiger partial charge is 0.241 e. The van der Waals surface area contributed by atoms with E-state index in [9.17, 15) is 8.78 Å². The molecule has 4 nitrogen and oxygen atoms in total. The van der Waals surface area contributed by atoms with Crippen LogP contribution in [0.5, 0.6) is 0 Å². The minimum Gasteiger partial charge on any atom is -0.338 e. The summed E-state index contributed by atoms with van der Waals surface area (Å²) in [5, 5.41) is 4.00. The SMILES string of the molecule is CC(c1ccc(F)c(F)c1)N(C)Cc1nc(-c2cccc(Br)c2)no1. The molecule has 25 heavy (non-hydrogen) atoms.